The van der Waals surface area contributed by atoms with Crippen molar-refractivity contribution in [3.63, 3.8) is 0 Å². The van der Waals surface area contributed by atoms with E-state index in [-0.39, 0.29) is 6.09 Å². The Morgan fingerprint density at radius 1 is 1.30 bits per heavy atom. The number of carbonyl (C=O) groups excluding carboxylic acids is 1. The Hall–Kier alpha value is -1.71. The van der Waals surface area contributed by atoms with Gasteiger partial charge in [0.2, 0.25) is 0 Å². The van der Waals surface area contributed by atoms with Gasteiger partial charge in [-0.2, -0.15) is 0 Å². The summed E-state index contributed by atoms with van der Waals surface area (Å²) in [4.78, 5) is 13.9. The van der Waals surface area contributed by atoms with Crippen LogP contribution in [0.5, 0.6) is 5.75 Å². The minimum absolute atomic E-state index is 0.259. The van der Waals surface area contributed by atoms with Crippen LogP contribution in [0.3, 0.4) is 0 Å². The van der Waals surface area contributed by atoms with Crippen molar-refractivity contribution in [2.24, 2.45) is 0 Å². The van der Waals surface area contributed by atoms with Crippen molar-refractivity contribution in [3.05, 3.63) is 28.8 Å². The molecular weight excluding hydrogens is 254 g/mol. The highest BCUT2D eigenvalue weighted by Crippen LogP contribution is 2.30. The number of fused-ring (bicyclic) bond motifs is 1. The van der Waals surface area contributed by atoms with Crippen molar-refractivity contribution >= 4 is 6.09 Å². The van der Waals surface area contributed by atoms with Gasteiger partial charge in [-0.15, -0.1) is 0 Å². The number of benzene rings is 1. The minimum atomic E-state index is -0.464. The summed E-state index contributed by atoms with van der Waals surface area (Å²) in [6.07, 6.45) is 0.581. The van der Waals surface area contributed by atoms with Crippen molar-refractivity contribution in [1.29, 1.82) is 0 Å². The van der Waals surface area contributed by atoms with Crippen molar-refractivity contribution < 1.29 is 14.3 Å². The molecule has 2 rings (SSSR count). The second-order valence-electron chi connectivity index (χ2n) is 6.26. The molecule has 0 saturated heterocycles. The summed E-state index contributed by atoms with van der Waals surface area (Å²) in [6.45, 7) is 8.94. The third-order valence-electron chi connectivity index (χ3n) is 3.32. The van der Waals surface area contributed by atoms with E-state index < -0.39 is 5.60 Å². The van der Waals surface area contributed by atoms with E-state index in [0.717, 1.165) is 17.7 Å². The molecule has 0 saturated carbocycles. The smallest absolute Gasteiger partial charge is 0.410 e. The number of carbonyl (C=O) groups is 1. The summed E-state index contributed by atoms with van der Waals surface area (Å²) in [6, 6.07) is 4.18. The molecule has 0 fully saturated rings. The lowest BCUT2D eigenvalue weighted by Gasteiger charge is -2.32. The molecule has 20 heavy (non-hydrogen) atoms. The SMILES string of the molecule is COc1cc(C)cc2c1CN(C(=O)OC(C)(C)C)CC2. The van der Waals surface area contributed by atoms with Crippen molar-refractivity contribution in [2.75, 3.05) is 13.7 Å². The minimum Gasteiger partial charge on any atom is -0.496 e. The van der Waals surface area contributed by atoms with Crippen LogP contribution in [0.2, 0.25) is 0 Å². The third kappa shape index (κ3) is 3.24. The van der Waals surface area contributed by atoms with Gasteiger partial charge in [0.25, 0.3) is 0 Å². The first-order chi connectivity index (χ1) is 9.30. The van der Waals surface area contributed by atoms with Crippen LogP contribution in [0.1, 0.15) is 37.5 Å². The van der Waals surface area contributed by atoms with Gasteiger partial charge >= 0.3 is 6.09 Å². The number of rotatable bonds is 1. The van der Waals surface area contributed by atoms with E-state index in [1.54, 1.807) is 12.0 Å². The normalized spacial score (nSPS) is 14.8. The molecule has 1 aromatic carbocycles. The Morgan fingerprint density at radius 2 is 2.00 bits per heavy atom. The van der Waals surface area contributed by atoms with Gasteiger partial charge in [-0.05, 0) is 51.3 Å². The van der Waals surface area contributed by atoms with Gasteiger partial charge in [0.1, 0.15) is 11.4 Å². The van der Waals surface area contributed by atoms with Crippen molar-refractivity contribution in [3.8, 4) is 5.75 Å². The average molecular weight is 277 g/mol. The quantitative estimate of drug-likeness (QED) is 0.790. The molecule has 4 nitrogen and oxygen atoms in total. The zero-order valence-electron chi connectivity index (χ0n) is 12.9. The van der Waals surface area contributed by atoms with E-state index >= 15 is 0 Å². The summed E-state index contributed by atoms with van der Waals surface area (Å²) >= 11 is 0. The zero-order chi connectivity index (χ0) is 14.9. The molecule has 0 atom stereocenters. The van der Waals surface area contributed by atoms with E-state index in [4.69, 9.17) is 9.47 Å². The highest BCUT2D eigenvalue weighted by atomic mass is 16.6. The van der Waals surface area contributed by atoms with Crippen LogP contribution in [0.4, 0.5) is 4.79 Å². The van der Waals surface area contributed by atoms with E-state index in [2.05, 4.69) is 13.0 Å². The van der Waals surface area contributed by atoms with Crippen LogP contribution in [-0.4, -0.2) is 30.2 Å². The Balaban J connectivity index is 2.20. The number of nitrogens with zero attached hydrogens (tertiary/aromatic N) is 1. The molecule has 0 aromatic heterocycles. The Kier molecular flexibility index (Phi) is 3.93. The lowest BCUT2D eigenvalue weighted by Crippen LogP contribution is -2.40. The molecule has 1 aromatic rings. The molecule has 0 unspecified atom stereocenters. The topological polar surface area (TPSA) is 38.8 Å². The molecule has 0 aliphatic carbocycles. The Labute approximate surface area is 120 Å². The van der Waals surface area contributed by atoms with E-state index in [1.165, 1.54) is 11.1 Å². The Morgan fingerprint density at radius 3 is 2.60 bits per heavy atom. The first-order valence-corrected chi connectivity index (χ1v) is 6.94. The second kappa shape index (κ2) is 5.35. The standard InChI is InChI=1S/C16H23NO3/c1-11-8-12-6-7-17(15(18)20-16(2,3)4)10-13(12)14(9-11)19-5/h8-9H,6-7,10H2,1-5H3. The molecule has 110 valence electrons. The summed E-state index contributed by atoms with van der Waals surface area (Å²) in [7, 11) is 1.67. The number of methoxy groups -OCH3 is 1. The number of hydrogen-bond acceptors (Lipinski definition) is 3. The highest BCUT2D eigenvalue weighted by Gasteiger charge is 2.27. The number of hydrogen-bond donors (Lipinski definition) is 0. The van der Waals surface area contributed by atoms with Crippen LogP contribution in [0.25, 0.3) is 0 Å². The second-order valence-corrected chi connectivity index (χ2v) is 6.26. The maximum absolute atomic E-state index is 12.2. The summed E-state index contributed by atoms with van der Waals surface area (Å²) in [5.74, 6) is 0.855. The molecule has 1 aliphatic rings. The zero-order valence-corrected chi connectivity index (χ0v) is 12.9. The molecule has 0 spiro atoms. The first kappa shape index (κ1) is 14.7. The molecule has 0 radical (unpaired) electrons. The van der Waals surface area contributed by atoms with Gasteiger partial charge in [0.15, 0.2) is 0 Å². The number of aryl methyl sites for hydroxylation is 1. The van der Waals surface area contributed by atoms with Gasteiger partial charge in [-0.3, -0.25) is 0 Å². The largest absolute Gasteiger partial charge is 0.496 e. The van der Waals surface area contributed by atoms with Gasteiger partial charge in [0.05, 0.1) is 13.7 Å². The molecule has 1 heterocycles. The fourth-order valence-electron chi connectivity index (χ4n) is 2.45. The van der Waals surface area contributed by atoms with Crippen LogP contribution >= 0.6 is 0 Å². The summed E-state index contributed by atoms with van der Waals surface area (Å²) in [5, 5.41) is 0. The van der Waals surface area contributed by atoms with Gasteiger partial charge in [0, 0.05) is 12.1 Å². The molecule has 1 aliphatic heterocycles. The summed E-state index contributed by atoms with van der Waals surface area (Å²) in [5.41, 5.74) is 3.08. The molecule has 0 bridgehead atoms. The molecule has 1 amide bonds. The molecule has 4 heteroatoms. The van der Waals surface area contributed by atoms with Crippen LogP contribution in [0, 0.1) is 6.92 Å². The van der Waals surface area contributed by atoms with Crippen LogP contribution in [-0.2, 0) is 17.7 Å². The monoisotopic (exact) mass is 277 g/mol. The maximum atomic E-state index is 12.2. The van der Waals surface area contributed by atoms with E-state index in [1.807, 2.05) is 26.8 Å². The average Bonchev–Trinajstić information content (AvgIpc) is 2.35. The predicted molar refractivity (Wildman–Crippen MR) is 78.1 cm³/mol. The number of ether oxygens (including phenoxy) is 2. The molecule has 0 N–H and O–H groups in total. The van der Waals surface area contributed by atoms with E-state index in [0.29, 0.717) is 13.1 Å². The maximum Gasteiger partial charge on any atom is 0.410 e. The van der Waals surface area contributed by atoms with Crippen molar-refractivity contribution in [2.45, 2.75) is 46.3 Å². The van der Waals surface area contributed by atoms with Gasteiger partial charge in [-0.1, -0.05) is 6.07 Å². The first-order valence-electron chi connectivity index (χ1n) is 6.94. The number of amides is 1. The summed E-state index contributed by atoms with van der Waals surface area (Å²) < 4.78 is 10.9. The molecular formula is C16H23NO3. The Bertz CT molecular complexity index is 500. The van der Waals surface area contributed by atoms with Crippen LogP contribution < -0.4 is 4.74 Å². The van der Waals surface area contributed by atoms with Crippen LogP contribution in [0.15, 0.2) is 12.1 Å². The lowest BCUT2D eigenvalue weighted by atomic mass is 9.97. The van der Waals surface area contributed by atoms with E-state index in [9.17, 15) is 4.79 Å². The lowest BCUT2D eigenvalue weighted by molar-refractivity contribution is 0.0222. The third-order valence-corrected chi connectivity index (χ3v) is 3.32. The predicted octanol–water partition coefficient (Wildman–Crippen LogP) is 3.30. The fraction of sp³-hybridized carbons (Fsp3) is 0.562. The highest BCUT2D eigenvalue weighted by molar-refractivity contribution is 5.69. The van der Waals surface area contributed by atoms with Gasteiger partial charge < -0.3 is 14.4 Å². The van der Waals surface area contributed by atoms with Gasteiger partial charge in [-0.25, -0.2) is 4.79 Å². The van der Waals surface area contributed by atoms with Crippen molar-refractivity contribution in [1.82, 2.24) is 4.90 Å². The fourth-order valence-corrected chi connectivity index (χ4v) is 2.45.